The number of H-pyrrole nitrogens is 1. The molecule has 0 aliphatic carbocycles. The van der Waals surface area contributed by atoms with E-state index in [4.69, 9.17) is 5.73 Å². The van der Waals surface area contributed by atoms with Gasteiger partial charge in [0, 0.05) is 5.25 Å². The van der Waals surface area contributed by atoms with Crippen molar-refractivity contribution in [2.45, 2.75) is 36.2 Å². The Bertz CT molecular complexity index is 579. The van der Waals surface area contributed by atoms with E-state index in [1.165, 1.54) is 0 Å². The summed E-state index contributed by atoms with van der Waals surface area (Å²) in [7, 11) is 1.75. The lowest BCUT2D eigenvalue weighted by Gasteiger charge is -2.27. The van der Waals surface area contributed by atoms with Crippen molar-refractivity contribution in [3.63, 3.8) is 0 Å². The third kappa shape index (κ3) is 3.13. The molecule has 0 bridgehead atoms. The number of fused-ring (bicyclic) bond motifs is 1. The second-order valence-corrected chi connectivity index (χ2v) is 6.57. The molecule has 2 aromatic rings. The van der Waals surface area contributed by atoms with Crippen LogP contribution in [0, 0.1) is 0 Å². The number of nitrogens with zero attached hydrogens (tertiary/aromatic N) is 1. The monoisotopic (exact) mass is 292 g/mol. The number of aromatic nitrogens is 2. The molecule has 0 radical (unpaired) electrons. The number of nitrogens with two attached hydrogens (primary N) is 1. The van der Waals surface area contributed by atoms with E-state index >= 15 is 0 Å². The number of rotatable bonds is 6. The number of carbonyl (C=O) groups is 1. The third-order valence-electron chi connectivity index (χ3n) is 3.47. The Hall–Kier alpha value is -1.53. The largest absolute Gasteiger partial charge is 0.368 e. The molecule has 1 aromatic carbocycles. The van der Waals surface area contributed by atoms with E-state index in [1.807, 2.05) is 31.2 Å². The van der Waals surface area contributed by atoms with Crippen LogP contribution in [0.4, 0.5) is 0 Å². The number of para-hydroxylation sites is 2. The van der Waals surface area contributed by atoms with Crippen molar-refractivity contribution < 1.29 is 4.79 Å². The van der Waals surface area contributed by atoms with Gasteiger partial charge in [-0.2, -0.15) is 0 Å². The average Bonchev–Trinajstić information content (AvgIpc) is 2.79. The Morgan fingerprint density at radius 1 is 1.55 bits per heavy atom. The van der Waals surface area contributed by atoms with Crippen LogP contribution < -0.4 is 11.1 Å². The van der Waals surface area contributed by atoms with Gasteiger partial charge in [-0.25, -0.2) is 4.98 Å². The summed E-state index contributed by atoms with van der Waals surface area (Å²) >= 11 is 1.61. The summed E-state index contributed by atoms with van der Waals surface area (Å²) in [5.74, 6) is -0.336. The Labute approximate surface area is 122 Å². The van der Waals surface area contributed by atoms with Crippen molar-refractivity contribution in [1.29, 1.82) is 0 Å². The summed E-state index contributed by atoms with van der Waals surface area (Å²) in [6, 6.07) is 7.91. The van der Waals surface area contributed by atoms with Crippen molar-refractivity contribution >= 4 is 28.7 Å². The van der Waals surface area contributed by atoms with Crippen molar-refractivity contribution in [3.8, 4) is 0 Å². The maximum Gasteiger partial charge on any atom is 0.237 e. The molecule has 2 unspecified atom stereocenters. The standard InChI is InChI=1S/C14H20N4OS/c1-9(8-14(2,16-3)12(15)19)20-13-17-10-6-4-5-7-11(10)18-13/h4-7,9,16H,8H2,1-3H3,(H2,15,19)(H,17,18). The first-order valence-electron chi connectivity index (χ1n) is 6.55. The molecular weight excluding hydrogens is 272 g/mol. The lowest BCUT2D eigenvalue weighted by atomic mass is 9.95. The van der Waals surface area contributed by atoms with Gasteiger partial charge in [-0.3, -0.25) is 4.79 Å². The smallest absolute Gasteiger partial charge is 0.237 e. The van der Waals surface area contributed by atoms with Crippen LogP contribution in [0.1, 0.15) is 20.3 Å². The van der Waals surface area contributed by atoms with Gasteiger partial charge in [0.15, 0.2) is 5.16 Å². The first-order chi connectivity index (χ1) is 9.44. The number of thioether (sulfide) groups is 1. The van der Waals surface area contributed by atoms with Gasteiger partial charge < -0.3 is 16.0 Å². The number of amides is 1. The number of aromatic amines is 1. The fourth-order valence-corrected chi connectivity index (χ4v) is 3.24. The number of imidazole rings is 1. The van der Waals surface area contributed by atoms with Gasteiger partial charge >= 0.3 is 0 Å². The topological polar surface area (TPSA) is 83.8 Å². The summed E-state index contributed by atoms with van der Waals surface area (Å²) in [5.41, 5.74) is 6.73. The third-order valence-corrected chi connectivity index (χ3v) is 4.46. The highest BCUT2D eigenvalue weighted by atomic mass is 32.2. The quantitative estimate of drug-likeness (QED) is 0.710. The number of hydrogen-bond acceptors (Lipinski definition) is 4. The average molecular weight is 292 g/mol. The molecule has 5 nitrogen and oxygen atoms in total. The molecule has 1 heterocycles. The van der Waals surface area contributed by atoms with E-state index in [0.717, 1.165) is 16.2 Å². The summed E-state index contributed by atoms with van der Waals surface area (Å²) in [4.78, 5) is 19.3. The highest BCUT2D eigenvalue weighted by Crippen LogP contribution is 2.28. The van der Waals surface area contributed by atoms with Gasteiger partial charge in [-0.05, 0) is 32.5 Å². The minimum absolute atomic E-state index is 0.209. The molecule has 0 saturated carbocycles. The van der Waals surface area contributed by atoms with Gasteiger partial charge in [0.2, 0.25) is 5.91 Å². The molecule has 0 aliphatic heterocycles. The molecule has 108 valence electrons. The molecule has 0 fully saturated rings. The molecule has 0 saturated heterocycles. The normalized spacial score (nSPS) is 15.9. The zero-order chi connectivity index (χ0) is 14.8. The van der Waals surface area contributed by atoms with Crippen LogP contribution in [0.25, 0.3) is 11.0 Å². The van der Waals surface area contributed by atoms with E-state index in [2.05, 4.69) is 22.2 Å². The Balaban J connectivity index is 2.07. The lowest BCUT2D eigenvalue weighted by molar-refractivity contribution is -0.123. The maximum atomic E-state index is 11.5. The molecule has 0 aliphatic rings. The van der Waals surface area contributed by atoms with Crippen LogP contribution in [0.3, 0.4) is 0 Å². The number of benzene rings is 1. The minimum atomic E-state index is -0.696. The molecule has 20 heavy (non-hydrogen) atoms. The zero-order valence-corrected chi connectivity index (χ0v) is 12.8. The first kappa shape index (κ1) is 14.9. The summed E-state index contributed by atoms with van der Waals surface area (Å²) in [6.07, 6.45) is 0.639. The van der Waals surface area contributed by atoms with E-state index in [0.29, 0.717) is 6.42 Å². The van der Waals surface area contributed by atoms with Crippen LogP contribution in [0.5, 0.6) is 0 Å². The summed E-state index contributed by atoms with van der Waals surface area (Å²) < 4.78 is 0. The van der Waals surface area contributed by atoms with E-state index in [-0.39, 0.29) is 11.2 Å². The fourth-order valence-electron chi connectivity index (χ4n) is 2.12. The van der Waals surface area contributed by atoms with Gasteiger partial charge in [0.05, 0.1) is 16.6 Å². The van der Waals surface area contributed by atoms with Crippen LogP contribution in [0.15, 0.2) is 29.4 Å². The van der Waals surface area contributed by atoms with E-state index < -0.39 is 5.54 Å². The highest BCUT2D eigenvalue weighted by Gasteiger charge is 2.31. The van der Waals surface area contributed by atoms with Crippen molar-refractivity contribution in [1.82, 2.24) is 15.3 Å². The molecule has 4 N–H and O–H groups in total. The summed E-state index contributed by atoms with van der Waals surface area (Å²) in [6.45, 7) is 3.89. The van der Waals surface area contributed by atoms with Crippen LogP contribution in [-0.2, 0) is 4.79 Å². The lowest BCUT2D eigenvalue weighted by Crippen LogP contribution is -2.52. The van der Waals surface area contributed by atoms with E-state index in [1.54, 1.807) is 18.8 Å². The van der Waals surface area contributed by atoms with E-state index in [9.17, 15) is 4.79 Å². The van der Waals surface area contributed by atoms with Crippen LogP contribution in [0.2, 0.25) is 0 Å². The molecular formula is C14H20N4OS. The number of nitrogens with one attached hydrogen (secondary N) is 2. The van der Waals surface area contributed by atoms with Crippen molar-refractivity contribution in [3.05, 3.63) is 24.3 Å². The van der Waals surface area contributed by atoms with Gasteiger partial charge in [0.1, 0.15) is 0 Å². The molecule has 6 heteroatoms. The van der Waals surface area contributed by atoms with Gasteiger partial charge in [-0.1, -0.05) is 30.8 Å². The highest BCUT2D eigenvalue weighted by molar-refractivity contribution is 7.99. The number of carbonyl (C=O) groups excluding carboxylic acids is 1. The fraction of sp³-hybridized carbons (Fsp3) is 0.429. The van der Waals surface area contributed by atoms with Gasteiger partial charge in [-0.15, -0.1) is 0 Å². The molecule has 0 spiro atoms. The molecule has 2 atom stereocenters. The predicted molar refractivity (Wildman–Crippen MR) is 82.7 cm³/mol. The molecule has 1 aromatic heterocycles. The van der Waals surface area contributed by atoms with Crippen LogP contribution >= 0.6 is 11.8 Å². The molecule has 2 rings (SSSR count). The number of primary amides is 1. The Morgan fingerprint density at radius 2 is 2.25 bits per heavy atom. The predicted octanol–water partition coefficient (Wildman–Crippen LogP) is 1.90. The first-order valence-corrected chi connectivity index (χ1v) is 7.43. The summed E-state index contributed by atoms with van der Waals surface area (Å²) in [5, 5.41) is 4.07. The Kier molecular flexibility index (Phi) is 4.35. The number of likely N-dealkylation sites (N-methyl/N-ethyl adjacent to an activating group) is 1. The second kappa shape index (κ2) is 5.85. The minimum Gasteiger partial charge on any atom is -0.368 e. The number of hydrogen-bond donors (Lipinski definition) is 3. The SMILES string of the molecule is CNC(C)(CC(C)Sc1nc2ccccc2[nH]1)C(N)=O. The maximum absolute atomic E-state index is 11.5. The van der Waals surface area contributed by atoms with Crippen LogP contribution in [-0.4, -0.2) is 33.7 Å². The zero-order valence-electron chi connectivity index (χ0n) is 11.9. The van der Waals surface area contributed by atoms with Crippen molar-refractivity contribution in [2.24, 2.45) is 5.73 Å². The van der Waals surface area contributed by atoms with Crippen molar-refractivity contribution in [2.75, 3.05) is 7.05 Å². The molecule has 1 amide bonds. The second-order valence-electron chi connectivity index (χ2n) is 5.14. The Morgan fingerprint density at radius 3 is 2.85 bits per heavy atom. The van der Waals surface area contributed by atoms with Gasteiger partial charge in [0.25, 0.3) is 0 Å².